The number of aliphatic hydroxyl groups excluding tert-OH is 1. The maximum Gasteiger partial charge on any atom is 0.0812 e. The molecule has 1 aliphatic carbocycles. The van der Waals surface area contributed by atoms with Crippen LogP contribution in [-0.4, -0.2) is 33.7 Å². The number of nitrogens with zero attached hydrogens (tertiary/aromatic N) is 2. The van der Waals surface area contributed by atoms with Gasteiger partial charge < -0.3 is 14.6 Å². The molecule has 1 aromatic heterocycles. The van der Waals surface area contributed by atoms with E-state index in [9.17, 15) is 5.11 Å². The molecule has 0 spiro atoms. The summed E-state index contributed by atoms with van der Waals surface area (Å²) in [7, 11) is 0. The van der Waals surface area contributed by atoms with E-state index in [1.54, 1.807) is 0 Å². The van der Waals surface area contributed by atoms with E-state index in [4.69, 9.17) is 0 Å². The predicted octanol–water partition coefficient (Wildman–Crippen LogP) is 3.29. The van der Waals surface area contributed by atoms with Crippen LogP contribution in [0, 0.1) is 5.41 Å². The molecule has 1 N–H and O–H groups in total. The highest BCUT2D eigenvalue weighted by molar-refractivity contribution is 5.30. The normalized spacial score (nSPS) is 35.5. The average Bonchev–Trinajstić information content (AvgIpc) is 3.02. The molecule has 0 amide bonds. The molecule has 0 saturated carbocycles. The van der Waals surface area contributed by atoms with Crippen molar-refractivity contribution >= 4 is 0 Å². The Kier molecular flexibility index (Phi) is 3.20. The van der Waals surface area contributed by atoms with Crippen molar-refractivity contribution in [1.29, 1.82) is 0 Å². The zero-order chi connectivity index (χ0) is 14.6. The summed E-state index contributed by atoms with van der Waals surface area (Å²) >= 11 is 0. The van der Waals surface area contributed by atoms with Gasteiger partial charge in [0.25, 0.3) is 0 Å². The first-order valence-corrected chi connectivity index (χ1v) is 8.65. The third-order valence-electron chi connectivity index (χ3n) is 6.00. The van der Waals surface area contributed by atoms with Gasteiger partial charge in [-0.2, -0.15) is 0 Å². The number of fused-ring (bicyclic) bond motifs is 2. The Bertz CT molecular complexity index is 533. The molecule has 3 atom stereocenters. The van der Waals surface area contributed by atoms with Gasteiger partial charge in [-0.05, 0) is 56.6 Å². The second-order valence-corrected chi connectivity index (χ2v) is 8.20. The van der Waals surface area contributed by atoms with Gasteiger partial charge in [0.05, 0.1) is 6.10 Å². The first kappa shape index (κ1) is 13.8. The molecule has 116 valence electrons. The molecule has 4 rings (SSSR count). The Morgan fingerprint density at radius 1 is 1.19 bits per heavy atom. The van der Waals surface area contributed by atoms with Gasteiger partial charge in [0.15, 0.2) is 0 Å². The van der Waals surface area contributed by atoms with Crippen LogP contribution in [0.3, 0.4) is 0 Å². The molecule has 2 saturated heterocycles. The highest BCUT2D eigenvalue weighted by Crippen LogP contribution is 2.43. The number of aromatic nitrogens is 1. The highest BCUT2D eigenvalue weighted by atomic mass is 16.3. The quantitative estimate of drug-likeness (QED) is 0.859. The standard InChI is InChI=1S/C18H28N2O/c1-18(2)11-16-15(17(21)12-18)6-9-20(16)14-5-8-19-7-3-4-13(19)10-14/h6,9,13-14,17,21H,3-5,7-8,10-12H2,1-2H3. The molecule has 0 aromatic carbocycles. The molecule has 0 bridgehead atoms. The molecule has 3 heterocycles. The number of rotatable bonds is 1. The van der Waals surface area contributed by atoms with Gasteiger partial charge in [-0.15, -0.1) is 0 Å². The summed E-state index contributed by atoms with van der Waals surface area (Å²) in [5.41, 5.74) is 2.83. The minimum absolute atomic E-state index is 0.219. The lowest BCUT2D eigenvalue weighted by molar-refractivity contribution is 0.0951. The zero-order valence-electron chi connectivity index (χ0n) is 13.4. The van der Waals surface area contributed by atoms with Gasteiger partial charge in [-0.1, -0.05) is 13.8 Å². The molecule has 1 aromatic rings. The highest BCUT2D eigenvalue weighted by Gasteiger charge is 2.37. The molecule has 2 aliphatic heterocycles. The van der Waals surface area contributed by atoms with Crippen LogP contribution in [-0.2, 0) is 6.42 Å². The topological polar surface area (TPSA) is 28.4 Å². The lowest BCUT2D eigenvalue weighted by atomic mass is 9.75. The van der Waals surface area contributed by atoms with Crippen molar-refractivity contribution in [3.8, 4) is 0 Å². The fraction of sp³-hybridized carbons (Fsp3) is 0.778. The number of hydrogen-bond donors (Lipinski definition) is 1. The minimum atomic E-state index is -0.267. The monoisotopic (exact) mass is 288 g/mol. The van der Waals surface area contributed by atoms with Crippen LogP contribution >= 0.6 is 0 Å². The van der Waals surface area contributed by atoms with Gasteiger partial charge >= 0.3 is 0 Å². The number of hydrogen-bond acceptors (Lipinski definition) is 2. The molecular formula is C18H28N2O. The molecule has 0 radical (unpaired) electrons. The molecular weight excluding hydrogens is 260 g/mol. The lowest BCUT2D eigenvalue weighted by Gasteiger charge is -2.39. The van der Waals surface area contributed by atoms with Crippen LogP contribution < -0.4 is 0 Å². The van der Waals surface area contributed by atoms with Gasteiger partial charge in [-0.3, -0.25) is 0 Å². The Morgan fingerprint density at radius 2 is 2.05 bits per heavy atom. The third-order valence-corrected chi connectivity index (χ3v) is 6.00. The Labute approximate surface area is 127 Å². The van der Waals surface area contributed by atoms with Crippen molar-refractivity contribution in [3.63, 3.8) is 0 Å². The van der Waals surface area contributed by atoms with Crippen molar-refractivity contribution in [3.05, 3.63) is 23.5 Å². The van der Waals surface area contributed by atoms with Crippen molar-refractivity contribution in [2.75, 3.05) is 13.1 Å². The molecule has 3 aliphatic rings. The predicted molar refractivity (Wildman–Crippen MR) is 84.4 cm³/mol. The van der Waals surface area contributed by atoms with E-state index < -0.39 is 0 Å². The summed E-state index contributed by atoms with van der Waals surface area (Å²) in [6, 6.07) is 3.63. The van der Waals surface area contributed by atoms with Crippen LogP contribution in [0.4, 0.5) is 0 Å². The largest absolute Gasteiger partial charge is 0.388 e. The van der Waals surface area contributed by atoms with E-state index in [0.717, 1.165) is 18.9 Å². The molecule has 3 heteroatoms. The first-order chi connectivity index (χ1) is 10.0. The second kappa shape index (κ2) is 4.85. The second-order valence-electron chi connectivity index (χ2n) is 8.20. The van der Waals surface area contributed by atoms with Crippen molar-refractivity contribution < 1.29 is 5.11 Å². The summed E-state index contributed by atoms with van der Waals surface area (Å²) in [5.74, 6) is 0. The van der Waals surface area contributed by atoms with Crippen LogP contribution in [0.2, 0.25) is 0 Å². The lowest BCUT2D eigenvalue weighted by Crippen LogP contribution is -2.39. The Morgan fingerprint density at radius 3 is 2.90 bits per heavy atom. The van der Waals surface area contributed by atoms with Crippen molar-refractivity contribution in [2.45, 2.75) is 70.6 Å². The first-order valence-electron chi connectivity index (χ1n) is 8.65. The van der Waals surface area contributed by atoms with Crippen LogP contribution in [0.25, 0.3) is 0 Å². The third kappa shape index (κ3) is 2.35. The molecule has 3 nitrogen and oxygen atoms in total. The summed E-state index contributed by atoms with van der Waals surface area (Å²) in [5, 5.41) is 10.4. The van der Waals surface area contributed by atoms with E-state index in [1.807, 2.05) is 0 Å². The van der Waals surface area contributed by atoms with E-state index in [-0.39, 0.29) is 11.5 Å². The maximum atomic E-state index is 10.4. The van der Waals surface area contributed by atoms with Crippen LogP contribution in [0.15, 0.2) is 12.3 Å². The summed E-state index contributed by atoms with van der Waals surface area (Å²) in [6.45, 7) is 7.15. The van der Waals surface area contributed by atoms with Crippen molar-refractivity contribution in [1.82, 2.24) is 9.47 Å². The number of aliphatic hydroxyl groups is 1. The van der Waals surface area contributed by atoms with Gasteiger partial charge in [0.1, 0.15) is 0 Å². The maximum absolute atomic E-state index is 10.4. The SMILES string of the molecule is CC1(C)Cc2c(ccn2C2CCN3CCCC3C2)C(O)C1. The van der Waals surface area contributed by atoms with Crippen molar-refractivity contribution in [2.24, 2.45) is 5.41 Å². The van der Waals surface area contributed by atoms with E-state index in [1.165, 1.54) is 50.0 Å². The molecule has 3 unspecified atom stereocenters. The fourth-order valence-corrected chi connectivity index (χ4v) is 4.95. The summed E-state index contributed by atoms with van der Waals surface area (Å²) in [4.78, 5) is 2.69. The average molecular weight is 288 g/mol. The Balaban J connectivity index is 1.62. The van der Waals surface area contributed by atoms with E-state index >= 15 is 0 Å². The zero-order valence-corrected chi connectivity index (χ0v) is 13.4. The summed E-state index contributed by atoms with van der Waals surface area (Å²) < 4.78 is 2.52. The summed E-state index contributed by atoms with van der Waals surface area (Å²) in [6.07, 6.45) is 9.33. The Hall–Kier alpha value is -0.800. The van der Waals surface area contributed by atoms with E-state index in [2.05, 4.69) is 35.6 Å². The number of piperidine rings is 1. The smallest absolute Gasteiger partial charge is 0.0812 e. The van der Waals surface area contributed by atoms with Gasteiger partial charge in [0, 0.05) is 36.1 Å². The molecule has 21 heavy (non-hydrogen) atoms. The van der Waals surface area contributed by atoms with Gasteiger partial charge in [0.2, 0.25) is 0 Å². The van der Waals surface area contributed by atoms with E-state index in [0.29, 0.717) is 6.04 Å². The van der Waals surface area contributed by atoms with Crippen LogP contribution in [0.1, 0.15) is 69.4 Å². The molecule has 2 fully saturated rings. The fourth-order valence-electron chi connectivity index (χ4n) is 4.95. The van der Waals surface area contributed by atoms with Crippen LogP contribution in [0.5, 0.6) is 0 Å². The van der Waals surface area contributed by atoms with Gasteiger partial charge in [-0.25, -0.2) is 0 Å². The minimum Gasteiger partial charge on any atom is -0.388 e.